The molecule has 0 N–H and O–H groups in total. The molecule has 2 heterocycles. The zero-order valence-corrected chi connectivity index (χ0v) is 24.4. The molecule has 0 saturated carbocycles. The van der Waals surface area contributed by atoms with Gasteiger partial charge in [0.05, 0.1) is 29.0 Å². The minimum Gasteiger partial charge on any atom is -0.748 e. The fourth-order valence-electron chi connectivity index (χ4n) is 5.15. The Kier molecular flexibility index (Phi) is 8.95. The number of oxazole rings is 1. The van der Waals surface area contributed by atoms with Crippen molar-refractivity contribution in [3.05, 3.63) is 78.5 Å². The normalized spacial score (nSPS) is 14.0. The Morgan fingerprint density at radius 2 is 1.78 bits per heavy atom. The first-order valence-electron chi connectivity index (χ1n) is 14.2. The van der Waals surface area contributed by atoms with Crippen LogP contribution >= 0.6 is 0 Å². The Morgan fingerprint density at radius 3 is 2.54 bits per heavy atom. The Balaban J connectivity index is 1.52. The molecule has 8 nitrogen and oxygen atoms in total. The average Bonchev–Trinajstić information content (AvgIpc) is 3.49. The highest BCUT2D eigenvalue weighted by molar-refractivity contribution is 7.85. The molecule has 0 aliphatic carbocycles. The highest BCUT2D eigenvalue weighted by Crippen LogP contribution is 2.42. The Bertz CT molecular complexity index is 1630. The smallest absolute Gasteiger partial charge is 0.379 e. The standard InChI is InChI=1S/C32H36N2O6S/c1-3-4-5-9-18-34-28-22-26(38-2)15-17-30(28)40-32(34)23-31-33(19-10-11-20-41(35,36)37)27-21-25(14-16-29(27)39-31)24-12-7-6-8-13-24/h6-8,12-17,21-23H,3-5,9-11,18-20H2,1-2H3. The van der Waals surface area contributed by atoms with Crippen molar-refractivity contribution in [2.75, 3.05) is 24.3 Å². The molecule has 0 unspecified atom stereocenters. The first kappa shape index (κ1) is 28.7. The summed E-state index contributed by atoms with van der Waals surface area (Å²) in [6, 6.07) is 21.9. The predicted octanol–water partition coefficient (Wildman–Crippen LogP) is 6.50. The van der Waals surface area contributed by atoms with E-state index in [1.807, 2.05) is 59.5 Å². The number of benzene rings is 3. The van der Waals surface area contributed by atoms with Crippen LogP contribution in [0.2, 0.25) is 0 Å². The van der Waals surface area contributed by atoms with E-state index in [2.05, 4.69) is 29.7 Å². The molecule has 1 aromatic heterocycles. The van der Waals surface area contributed by atoms with Gasteiger partial charge in [0.1, 0.15) is 11.8 Å². The van der Waals surface area contributed by atoms with Crippen LogP contribution in [0, 0.1) is 0 Å². The van der Waals surface area contributed by atoms with E-state index in [1.54, 1.807) is 7.11 Å². The molecule has 0 bridgehead atoms. The van der Waals surface area contributed by atoms with Crippen LogP contribution in [0.25, 0.3) is 28.3 Å². The summed E-state index contributed by atoms with van der Waals surface area (Å²) in [7, 11) is -2.62. The van der Waals surface area contributed by atoms with Gasteiger partial charge < -0.3 is 23.3 Å². The summed E-state index contributed by atoms with van der Waals surface area (Å²) in [5.41, 5.74) is 4.71. The summed E-state index contributed by atoms with van der Waals surface area (Å²) >= 11 is 0. The summed E-state index contributed by atoms with van der Waals surface area (Å²) < 4.78 is 53.9. The average molecular weight is 577 g/mol. The predicted molar refractivity (Wildman–Crippen MR) is 159 cm³/mol. The number of rotatable bonds is 13. The van der Waals surface area contributed by atoms with Gasteiger partial charge in [0.15, 0.2) is 12.3 Å². The number of aromatic nitrogens is 1. The summed E-state index contributed by atoms with van der Waals surface area (Å²) in [6.07, 6.45) is 7.13. The molecule has 0 atom stereocenters. The van der Waals surface area contributed by atoms with Gasteiger partial charge in [-0.1, -0.05) is 56.2 Å². The maximum Gasteiger partial charge on any atom is 0.379 e. The van der Waals surface area contributed by atoms with Crippen LogP contribution in [0.5, 0.6) is 11.5 Å². The van der Waals surface area contributed by atoms with Crippen molar-refractivity contribution in [3.63, 3.8) is 0 Å². The maximum absolute atomic E-state index is 11.2. The SMILES string of the molecule is CCCCCC[n+]1c(/C=C2\Oc3ccc(-c4ccccc4)cc3N2CCCCS(=O)(=O)[O-])oc2ccc(OC)cc21. The Labute approximate surface area is 241 Å². The van der Waals surface area contributed by atoms with Crippen LogP contribution in [-0.2, 0) is 16.7 Å². The molecule has 1 aliphatic rings. The van der Waals surface area contributed by atoms with Crippen LogP contribution < -0.4 is 18.9 Å². The van der Waals surface area contributed by atoms with E-state index in [1.165, 1.54) is 6.42 Å². The zero-order chi connectivity index (χ0) is 28.8. The fraction of sp³-hybridized carbons (Fsp3) is 0.344. The van der Waals surface area contributed by atoms with Gasteiger partial charge in [-0.25, -0.2) is 8.42 Å². The van der Waals surface area contributed by atoms with Crippen LogP contribution in [-0.4, -0.2) is 32.4 Å². The molecule has 5 rings (SSSR count). The first-order valence-corrected chi connectivity index (χ1v) is 15.7. The number of unbranched alkanes of at least 4 members (excludes halogenated alkanes) is 4. The lowest BCUT2D eigenvalue weighted by Gasteiger charge is -2.18. The van der Waals surface area contributed by atoms with E-state index >= 15 is 0 Å². The molecule has 3 aromatic carbocycles. The summed E-state index contributed by atoms with van der Waals surface area (Å²) in [6.45, 7) is 3.46. The molecule has 216 valence electrons. The number of aryl methyl sites for hydroxylation is 1. The Morgan fingerprint density at radius 1 is 0.951 bits per heavy atom. The highest BCUT2D eigenvalue weighted by Gasteiger charge is 2.30. The monoisotopic (exact) mass is 576 g/mol. The minimum atomic E-state index is -4.27. The second kappa shape index (κ2) is 12.8. The number of ether oxygens (including phenoxy) is 2. The first-order chi connectivity index (χ1) is 19.9. The molecule has 0 amide bonds. The van der Waals surface area contributed by atoms with Crippen LogP contribution in [0.15, 0.2) is 77.0 Å². The molecule has 1 aliphatic heterocycles. The van der Waals surface area contributed by atoms with Gasteiger partial charge >= 0.3 is 5.89 Å². The van der Waals surface area contributed by atoms with E-state index in [0.29, 0.717) is 30.5 Å². The van der Waals surface area contributed by atoms with Crippen molar-refractivity contribution >= 4 is 33.0 Å². The lowest BCUT2D eigenvalue weighted by molar-refractivity contribution is -0.678. The van der Waals surface area contributed by atoms with E-state index in [-0.39, 0.29) is 12.2 Å². The molecule has 0 fully saturated rings. The Hall–Kier alpha value is -3.82. The van der Waals surface area contributed by atoms with Crippen molar-refractivity contribution < 1.29 is 31.4 Å². The van der Waals surface area contributed by atoms with E-state index in [4.69, 9.17) is 13.9 Å². The third-order valence-corrected chi connectivity index (χ3v) is 8.07. The zero-order valence-electron chi connectivity index (χ0n) is 23.5. The van der Waals surface area contributed by atoms with Gasteiger partial charge in [-0.3, -0.25) is 0 Å². The van der Waals surface area contributed by atoms with Gasteiger partial charge in [0, 0.05) is 18.7 Å². The molecular weight excluding hydrogens is 540 g/mol. The summed E-state index contributed by atoms with van der Waals surface area (Å²) in [5.74, 6) is 2.32. The molecule has 41 heavy (non-hydrogen) atoms. The van der Waals surface area contributed by atoms with Gasteiger partial charge in [-0.15, -0.1) is 0 Å². The van der Waals surface area contributed by atoms with Crippen molar-refractivity contribution in [2.45, 2.75) is 52.0 Å². The molecule has 0 saturated heterocycles. The topological polar surface area (TPSA) is 95.9 Å². The van der Waals surface area contributed by atoms with Crippen LogP contribution in [0.4, 0.5) is 5.69 Å². The van der Waals surface area contributed by atoms with E-state index in [9.17, 15) is 13.0 Å². The molecule has 0 spiro atoms. The number of hydrogen-bond acceptors (Lipinski definition) is 7. The van der Waals surface area contributed by atoms with Gasteiger partial charge in [-0.05, 0) is 54.7 Å². The number of fused-ring (bicyclic) bond motifs is 2. The fourth-order valence-corrected chi connectivity index (χ4v) is 5.70. The number of nitrogens with zero attached hydrogens (tertiary/aromatic N) is 2. The van der Waals surface area contributed by atoms with E-state index in [0.717, 1.165) is 59.5 Å². The van der Waals surface area contributed by atoms with Gasteiger partial charge in [0.25, 0.3) is 5.52 Å². The minimum absolute atomic E-state index is 0.269. The molecule has 0 radical (unpaired) electrons. The number of hydrogen-bond donors (Lipinski definition) is 0. The lowest BCUT2D eigenvalue weighted by atomic mass is 10.0. The van der Waals surface area contributed by atoms with Gasteiger partial charge in [-0.2, -0.15) is 4.57 Å². The quantitative estimate of drug-likeness (QED) is 0.102. The van der Waals surface area contributed by atoms with Crippen molar-refractivity contribution in [1.29, 1.82) is 0 Å². The van der Waals surface area contributed by atoms with Crippen molar-refractivity contribution in [1.82, 2.24) is 0 Å². The summed E-state index contributed by atoms with van der Waals surface area (Å²) in [4.78, 5) is 2.04. The maximum atomic E-state index is 11.2. The highest BCUT2D eigenvalue weighted by atomic mass is 32.2. The third kappa shape index (κ3) is 6.92. The van der Waals surface area contributed by atoms with Gasteiger partial charge in [0.2, 0.25) is 11.5 Å². The van der Waals surface area contributed by atoms with Crippen LogP contribution in [0.3, 0.4) is 0 Å². The third-order valence-electron chi connectivity index (χ3n) is 7.28. The molecule has 4 aromatic rings. The van der Waals surface area contributed by atoms with Crippen molar-refractivity contribution in [3.8, 4) is 22.6 Å². The van der Waals surface area contributed by atoms with E-state index < -0.39 is 10.1 Å². The van der Waals surface area contributed by atoms with Crippen molar-refractivity contribution in [2.24, 2.45) is 0 Å². The van der Waals surface area contributed by atoms with Crippen LogP contribution in [0.1, 0.15) is 51.3 Å². The lowest BCUT2D eigenvalue weighted by Crippen LogP contribution is -2.36. The molecule has 9 heteroatoms. The number of methoxy groups -OCH3 is 1. The largest absolute Gasteiger partial charge is 0.748 e. The second-order valence-corrected chi connectivity index (χ2v) is 11.8. The number of anilines is 1. The summed E-state index contributed by atoms with van der Waals surface area (Å²) in [5, 5.41) is 0. The second-order valence-electron chi connectivity index (χ2n) is 10.2. The molecular formula is C32H36N2O6S.